The summed E-state index contributed by atoms with van der Waals surface area (Å²) in [5.74, 6) is 0. The zero-order valence-electron chi connectivity index (χ0n) is 16.6. The number of halogens is 1. The van der Waals surface area contributed by atoms with Gasteiger partial charge >= 0.3 is 0 Å². The summed E-state index contributed by atoms with van der Waals surface area (Å²) >= 11 is 3.60. The van der Waals surface area contributed by atoms with Crippen LogP contribution in [0.5, 0.6) is 0 Å². The molecule has 0 N–H and O–H groups in total. The van der Waals surface area contributed by atoms with E-state index in [1.165, 1.54) is 0 Å². The van der Waals surface area contributed by atoms with Crippen LogP contribution in [0.3, 0.4) is 0 Å². The van der Waals surface area contributed by atoms with Crippen LogP contribution in [0, 0.1) is 0 Å². The van der Waals surface area contributed by atoms with Crippen LogP contribution < -0.4 is 0 Å². The zero-order chi connectivity index (χ0) is 18.3. The first-order valence-electron chi connectivity index (χ1n) is 8.48. The molecule has 5 heteroatoms. The molecular weight excluding hydrogens is 384 g/mol. The highest BCUT2D eigenvalue weighted by Crippen LogP contribution is 2.41. The number of allylic oxidation sites excluding steroid dienone is 2. The van der Waals surface area contributed by atoms with Crippen LogP contribution in [0.15, 0.2) is 22.7 Å². The summed E-state index contributed by atoms with van der Waals surface area (Å²) in [4.78, 5) is 0. The highest BCUT2D eigenvalue weighted by molar-refractivity contribution is 9.11. The Morgan fingerprint density at radius 1 is 0.826 bits per heavy atom. The molecule has 0 heterocycles. The highest BCUT2D eigenvalue weighted by atomic mass is 79.9. The fraction of sp³-hybridized carbons (Fsp3) is 0.778. The predicted octanol–water partition coefficient (Wildman–Crippen LogP) is 6.62. The Kier molecular flexibility index (Phi) is 6.41. The van der Waals surface area contributed by atoms with Gasteiger partial charge in [0.05, 0.1) is 12.2 Å². The van der Waals surface area contributed by atoms with E-state index in [1.54, 1.807) is 0 Å². The topological polar surface area (TPSA) is 18.5 Å². The fourth-order valence-electron chi connectivity index (χ4n) is 1.84. The molecule has 0 spiro atoms. The Morgan fingerprint density at radius 2 is 1.22 bits per heavy atom. The number of rotatable bonds is 4. The monoisotopic (exact) mass is 418 g/mol. The van der Waals surface area contributed by atoms with Crippen molar-refractivity contribution in [3.05, 3.63) is 22.7 Å². The van der Waals surface area contributed by atoms with E-state index >= 15 is 0 Å². The van der Waals surface area contributed by atoms with Crippen molar-refractivity contribution >= 4 is 32.6 Å². The minimum absolute atomic E-state index is 0.00585. The molecule has 0 unspecified atom stereocenters. The van der Waals surface area contributed by atoms with E-state index in [1.807, 2.05) is 0 Å². The summed E-state index contributed by atoms with van der Waals surface area (Å²) in [5.41, 5.74) is 0. The SMILES string of the molecule is CC(C)(C)[Si](C)(C)O[C@@H]1C=CC(Br)=C[C@H]1O[Si](C)(C)C(C)(C)C. The van der Waals surface area contributed by atoms with Crippen molar-refractivity contribution in [2.45, 2.75) is 90.0 Å². The third-order valence-electron chi connectivity index (χ3n) is 5.57. The van der Waals surface area contributed by atoms with E-state index in [2.05, 4.69) is 102 Å². The summed E-state index contributed by atoms with van der Waals surface area (Å²) in [5, 5.41) is 0.386. The average Bonchev–Trinajstić information content (AvgIpc) is 2.29. The molecule has 134 valence electrons. The first-order chi connectivity index (χ1) is 10.1. The molecular formula is C18H35BrO2Si2. The molecule has 2 atom stereocenters. The largest absolute Gasteiger partial charge is 0.408 e. The van der Waals surface area contributed by atoms with Crippen LogP contribution in [0.25, 0.3) is 0 Å². The van der Waals surface area contributed by atoms with E-state index < -0.39 is 16.6 Å². The molecule has 0 fully saturated rings. The molecule has 0 aliphatic heterocycles. The van der Waals surface area contributed by atoms with Crippen LogP contribution in [-0.4, -0.2) is 28.8 Å². The van der Waals surface area contributed by atoms with Gasteiger partial charge in [0.2, 0.25) is 0 Å². The van der Waals surface area contributed by atoms with Crippen molar-refractivity contribution in [2.75, 3.05) is 0 Å². The predicted molar refractivity (Wildman–Crippen MR) is 110 cm³/mol. The van der Waals surface area contributed by atoms with Gasteiger partial charge in [-0.1, -0.05) is 63.5 Å². The van der Waals surface area contributed by atoms with Crippen LogP contribution >= 0.6 is 15.9 Å². The van der Waals surface area contributed by atoms with Crippen molar-refractivity contribution < 1.29 is 8.85 Å². The van der Waals surface area contributed by atoms with Gasteiger partial charge in [-0.15, -0.1) is 0 Å². The Hall–Kier alpha value is 0.314. The molecule has 1 aliphatic rings. The molecule has 0 aromatic carbocycles. The smallest absolute Gasteiger partial charge is 0.193 e. The average molecular weight is 420 g/mol. The van der Waals surface area contributed by atoms with E-state index in [0.29, 0.717) is 0 Å². The van der Waals surface area contributed by atoms with Crippen LogP contribution in [-0.2, 0) is 8.85 Å². The van der Waals surface area contributed by atoms with E-state index in [4.69, 9.17) is 8.85 Å². The van der Waals surface area contributed by atoms with Gasteiger partial charge in [-0.2, -0.15) is 0 Å². The van der Waals surface area contributed by atoms with E-state index in [9.17, 15) is 0 Å². The number of hydrogen-bond donors (Lipinski definition) is 0. The van der Waals surface area contributed by atoms with Gasteiger partial charge < -0.3 is 8.85 Å². The second kappa shape index (κ2) is 6.91. The normalized spacial score (nSPS) is 23.9. The molecule has 0 bridgehead atoms. The van der Waals surface area contributed by atoms with Gasteiger partial charge in [-0.25, -0.2) is 0 Å². The van der Waals surface area contributed by atoms with Gasteiger partial charge in [-0.3, -0.25) is 0 Å². The van der Waals surface area contributed by atoms with Crippen molar-refractivity contribution in [1.29, 1.82) is 0 Å². The molecule has 0 radical (unpaired) electrons. The standard InChI is InChI=1S/C18H35BrO2Si2/c1-17(2,3)22(7,8)20-15-12-11-14(19)13-16(15)21-23(9,10)18(4,5)6/h11-13,15-16H,1-10H3/t15-,16-/m1/s1. The Bertz CT molecular complexity index is 482. The van der Waals surface area contributed by atoms with Gasteiger partial charge in [0.1, 0.15) is 0 Å². The van der Waals surface area contributed by atoms with E-state index in [0.717, 1.165) is 4.48 Å². The highest BCUT2D eigenvalue weighted by Gasteiger charge is 2.44. The summed E-state index contributed by atoms with van der Waals surface area (Å²) in [6, 6.07) is 0. The number of hydrogen-bond acceptors (Lipinski definition) is 2. The maximum absolute atomic E-state index is 6.66. The lowest BCUT2D eigenvalue weighted by Gasteiger charge is -2.44. The van der Waals surface area contributed by atoms with Crippen molar-refractivity contribution in [2.24, 2.45) is 0 Å². The van der Waals surface area contributed by atoms with Gasteiger partial charge in [0, 0.05) is 4.48 Å². The fourth-order valence-corrected chi connectivity index (χ4v) is 4.74. The summed E-state index contributed by atoms with van der Waals surface area (Å²) in [6.45, 7) is 22.9. The summed E-state index contributed by atoms with van der Waals surface area (Å²) in [7, 11) is -3.69. The van der Waals surface area contributed by atoms with Gasteiger partial charge in [0.15, 0.2) is 16.6 Å². The molecule has 2 nitrogen and oxygen atoms in total. The molecule has 0 amide bonds. The molecule has 1 aliphatic carbocycles. The Labute approximate surface area is 154 Å². The molecule has 0 aromatic heterocycles. The molecule has 0 saturated heterocycles. The second-order valence-corrected chi connectivity index (χ2v) is 20.0. The molecule has 0 saturated carbocycles. The second-order valence-electron chi connectivity index (χ2n) is 9.60. The first kappa shape index (κ1) is 21.4. The lowest BCUT2D eigenvalue weighted by molar-refractivity contribution is 0.0923. The van der Waals surface area contributed by atoms with Gasteiger partial charge in [-0.05, 0) is 48.4 Å². The minimum Gasteiger partial charge on any atom is -0.408 e. The van der Waals surface area contributed by atoms with Crippen molar-refractivity contribution in [1.82, 2.24) is 0 Å². The van der Waals surface area contributed by atoms with Crippen molar-refractivity contribution in [3.63, 3.8) is 0 Å². The molecule has 23 heavy (non-hydrogen) atoms. The van der Waals surface area contributed by atoms with Gasteiger partial charge in [0.25, 0.3) is 0 Å². The van der Waals surface area contributed by atoms with Crippen LogP contribution in [0.2, 0.25) is 36.3 Å². The van der Waals surface area contributed by atoms with E-state index in [-0.39, 0.29) is 22.3 Å². The maximum atomic E-state index is 6.66. The Morgan fingerprint density at radius 3 is 1.61 bits per heavy atom. The van der Waals surface area contributed by atoms with Crippen molar-refractivity contribution in [3.8, 4) is 0 Å². The lowest BCUT2D eigenvalue weighted by Crippen LogP contribution is -2.51. The quantitative estimate of drug-likeness (QED) is 0.477. The molecule has 1 rings (SSSR count). The first-order valence-corrected chi connectivity index (χ1v) is 15.1. The molecule has 0 aromatic rings. The van der Waals surface area contributed by atoms with Crippen LogP contribution in [0.1, 0.15) is 41.5 Å². The summed E-state index contributed by atoms with van der Waals surface area (Å²) in [6.07, 6.45) is 6.40. The van der Waals surface area contributed by atoms with Crippen LogP contribution in [0.4, 0.5) is 0 Å². The maximum Gasteiger partial charge on any atom is 0.193 e. The lowest BCUT2D eigenvalue weighted by atomic mass is 10.1. The Balaban J connectivity index is 3.01. The third kappa shape index (κ3) is 5.39. The minimum atomic E-state index is -1.85. The zero-order valence-corrected chi connectivity index (χ0v) is 20.2. The summed E-state index contributed by atoms with van der Waals surface area (Å²) < 4.78 is 14.4. The third-order valence-corrected chi connectivity index (χ3v) is 15.0.